The molecule has 3 aliphatic rings. The number of benzene rings is 1. The van der Waals surface area contributed by atoms with Gasteiger partial charge in [-0.25, -0.2) is 9.37 Å². The SMILES string of the molecule is O=C(COc1ccc(F)cc1)N1[C@@H]2CC[C@H]1CC1(C2)CN(c2cnccn2)CCO1. The molecule has 30 heavy (non-hydrogen) atoms. The summed E-state index contributed by atoms with van der Waals surface area (Å²) < 4.78 is 25.0. The highest BCUT2D eigenvalue weighted by Gasteiger charge is 2.52. The fourth-order valence-corrected chi connectivity index (χ4v) is 5.20. The van der Waals surface area contributed by atoms with Gasteiger partial charge in [-0.1, -0.05) is 0 Å². The number of fused-ring (bicyclic) bond motifs is 2. The summed E-state index contributed by atoms with van der Waals surface area (Å²) in [5, 5.41) is 0. The lowest BCUT2D eigenvalue weighted by molar-refractivity contribution is -0.149. The van der Waals surface area contributed by atoms with Gasteiger partial charge in [0.25, 0.3) is 5.91 Å². The summed E-state index contributed by atoms with van der Waals surface area (Å²) in [6.45, 7) is 2.19. The van der Waals surface area contributed by atoms with Crippen molar-refractivity contribution in [2.24, 2.45) is 0 Å². The van der Waals surface area contributed by atoms with E-state index >= 15 is 0 Å². The third-order valence-corrected chi connectivity index (χ3v) is 6.42. The van der Waals surface area contributed by atoms with Gasteiger partial charge < -0.3 is 19.3 Å². The van der Waals surface area contributed by atoms with E-state index in [4.69, 9.17) is 9.47 Å². The van der Waals surface area contributed by atoms with Crippen LogP contribution in [0.15, 0.2) is 42.9 Å². The Morgan fingerprint density at radius 3 is 2.67 bits per heavy atom. The van der Waals surface area contributed by atoms with Crippen LogP contribution in [0.3, 0.4) is 0 Å². The summed E-state index contributed by atoms with van der Waals surface area (Å²) in [5.74, 6) is 1.04. The smallest absolute Gasteiger partial charge is 0.261 e. The van der Waals surface area contributed by atoms with E-state index in [-0.39, 0.29) is 36.0 Å². The Labute approximate surface area is 174 Å². The van der Waals surface area contributed by atoms with Crippen molar-refractivity contribution >= 4 is 11.7 Å². The van der Waals surface area contributed by atoms with E-state index in [1.54, 1.807) is 30.7 Å². The number of ether oxygens (including phenoxy) is 2. The molecule has 158 valence electrons. The summed E-state index contributed by atoms with van der Waals surface area (Å²) in [6.07, 6.45) is 8.80. The van der Waals surface area contributed by atoms with E-state index in [0.717, 1.165) is 44.6 Å². The molecule has 3 aliphatic heterocycles. The van der Waals surface area contributed by atoms with E-state index in [1.165, 1.54) is 12.1 Å². The van der Waals surface area contributed by atoms with Crippen LogP contribution in [-0.2, 0) is 9.53 Å². The van der Waals surface area contributed by atoms with Crippen LogP contribution >= 0.6 is 0 Å². The van der Waals surface area contributed by atoms with Crippen LogP contribution in [0.5, 0.6) is 5.75 Å². The number of halogens is 1. The molecule has 3 fully saturated rings. The molecule has 4 heterocycles. The number of piperidine rings is 1. The van der Waals surface area contributed by atoms with Crippen molar-refractivity contribution in [3.8, 4) is 5.75 Å². The molecule has 0 aliphatic carbocycles. The first kappa shape index (κ1) is 19.2. The zero-order chi connectivity index (χ0) is 20.6. The lowest BCUT2D eigenvalue weighted by Crippen LogP contribution is -2.61. The van der Waals surface area contributed by atoms with Gasteiger partial charge in [-0.15, -0.1) is 0 Å². The highest BCUT2D eigenvalue weighted by molar-refractivity contribution is 5.79. The van der Waals surface area contributed by atoms with Crippen LogP contribution in [-0.4, -0.2) is 64.8 Å². The lowest BCUT2D eigenvalue weighted by atomic mass is 9.84. The molecular formula is C22H25FN4O3. The fourth-order valence-electron chi connectivity index (χ4n) is 5.20. The maximum Gasteiger partial charge on any atom is 0.261 e. The van der Waals surface area contributed by atoms with Gasteiger partial charge in [-0.05, 0) is 49.9 Å². The molecule has 0 saturated carbocycles. The summed E-state index contributed by atoms with van der Waals surface area (Å²) in [4.78, 5) is 25.8. The maximum atomic E-state index is 13.0. The van der Waals surface area contributed by atoms with Crippen LogP contribution in [0.1, 0.15) is 25.7 Å². The molecule has 1 unspecified atom stereocenters. The van der Waals surface area contributed by atoms with Gasteiger partial charge in [0.15, 0.2) is 6.61 Å². The molecule has 1 aromatic heterocycles. The van der Waals surface area contributed by atoms with E-state index in [2.05, 4.69) is 14.9 Å². The van der Waals surface area contributed by atoms with Crippen molar-refractivity contribution < 1.29 is 18.7 Å². The van der Waals surface area contributed by atoms with Gasteiger partial charge in [-0.2, -0.15) is 0 Å². The second kappa shape index (κ2) is 7.83. The molecule has 0 N–H and O–H groups in total. The molecule has 1 spiro atoms. The Morgan fingerprint density at radius 2 is 1.97 bits per heavy atom. The van der Waals surface area contributed by atoms with E-state index < -0.39 is 0 Å². The minimum absolute atomic E-state index is 0.0109. The first-order valence-corrected chi connectivity index (χ1v) is 10.5. The van der Waals surface area contributed by atoms with E-state index in [9.17, 15) is 9.18 Å². The van der Waals surface area contributed by atoms with Crippen LogP contribution < -0.4 is 9.64 Å². The fraction of sp³-hybridized carbons (Fsp3) is 0.500. The highest BCUT2D eigenvalue weighted by Crippen LogP contribution is 2.44. The number of aromatic nitrogens is 2. The molecule has 3 atom stereocenters. The second-order valence-electron chi connectivity index (χ2n) is 8.35. The van der Waals surface area contributed by atoms with E-state index in [0.29, 0.717) is 12.4 Å². The normalized spacial score (nSPS) is 28.0. The van der Waals surface area contributed by atoms with Crippen molar-refractivity contribution in [3.05, 3.63) is 48.7 Å². The van der Waals surface area contributed by atoms with E-state index in [1.807, 2.05) is 4.90 Å². The molecule has 7 nitrogen and oxygen atoms in total. The summed E-state index contributed by atoms with van der Waals surface area (Å²) in [5.41, 5.74) is -0.254. The summed E-state index contributed by atoms with van der Waals surface area (Å²) >= 11 is 0. The third kappa shape index (κ3) is 3.71. The quantitative estimate of drug-likeness (QED) is 0.768. The van der Waals surface area contributed by atoms with Gasteiger partial charge in [0.05, 0.1) is 18.4 Å². The zero-order valence-corrected chi connectivity index (χ0v) is 16.7. The minimum atomic E-state index is -0.323. The van der Waals surface area contributed by atoms with Gasteiger partial charge in [0.1, 0.15) is 17.4 Å². The first-order chi connectivity index (χ1) is 14.6. The lowest BCUT2D eigenvalue weighted by Gasteiger charge is -2.50. The van der Waals surface area contributed by atoms with Crippen LogP contribution in [0.2, 0.25) is 0 Å². The molecule has 2 aromatic rings. The standard InChI is InChI=1S/C22H25FN4O3/c23-16-1-5-19(6-2-16)29-14-21(28)27-17-3-4-18(27)12-22(11-17)15-26(9-10-30-22)20-13-24-7-8-25-20/h1-2,5-8,13,17-18H,3-4,9-12,14-15H2/t17-,18+,22?. The van der Waals surface area contributed by atoms with Gasteiger partial charge in [-0.3, -0.25) is 9.78 Å². The van der Waals surface area contributed by atoms with Crippen molar-refractivity contribution in [2.75, 3.05) is 31.2 Å². The number of carbonyl (C=O) groups excluding carboxylic acids is 1. The topological polar surface area (TPSA) is 67.8 Å². The molecule has 3 saturated heterocycles. The minimum Gasteiger partial charge on any atom is -0.484 e. The number of morpholine rings is 1. The predicted octanol–water partition coefficient (Wildman–Crippen LogP) is 2.42. The van der Waals surface area contributed by atoms with Crippen LogP contribution in [0.25, 0.3) is 0 Å². The number of anilines is 1. The highest BCUT2D eigenvalue weighted by atomic mass is 19.1. The number of rotatable bonds is 4. The molecule has 2 bridgehead atoms. The van der Waals surface area contributed by atoms with Gasteiger partial charge in [0.2, 0.25) is 0 Å². The Morgan fingerprint density at radius 1 is 1.20 bits per heavy atom. The van der Waals surface area contributed by atoms with Crippen LogP contribution in [0.4, 0.5) is 10.2 Å². The average molecular weight is 412 g/mol. The molecule has 1 aromatic carbocycles. The molecular weight excluding hydrogens is 387 g/mol. The molecule has 8 heteroatoms. The number of hydrogen-bond acceptors (Lipinski definition) is 6. The molecule has 1 amide bonds. The van der Waals surface area contributed by atoms with Crippen molar-refractivity contribution in [3.63, 3.8) is 0 Å². The summed E-state index contributed by atoms with van der Waals surface area (Å²) in [6, 6.07) is 6.07. The van der Waals surface area contributed by atoms with Crippen molar-refractivity contribution in [1.82, 2.24) is 14.9 Å². The van der Waals surface area contributed by atoms with Gasteiger partial charge >= 0.3 is 0 Å². The largest absolute Gasteiger partial charge is 0.484 e. The third-order valence-electron chi connectivity index (χ3n) is 6.42. The number of carbonyl (C=O) groups is 1. The predicted molar refractivity (Wildman–Crippen MR) is 108 cm³/mol. The Hall–Kier alpha value is -2.74. The number of amides is 1. The Balaban J connectivity index is 1.24. The van der Waals surface area contributed by atoms with Crippen LogP contribution in [0, 0.1) is 5.82 Å². The maximum absolute atomic E-state index is 13.0. The number of nitrogens with zero attached hydrogens (tertiary/aromatic N) is 4. The Kier molecular flexibility index (Phi) is 5.02. The molecule has 5 rings (SSSR count). The monoisotopic (exact) mass is 412 g/mol. The first-order valence-electron chi connectivity index (χ1n) is 10.5. The molecule has 0 radical (unpaired) electrons. The zero-order valence-electron chi connectivity index (χ0n) is 16.7. The Bertz CT molecular complexity index is 881. The van der Waals surface area contributed by atoms with Gasteiger partial charge in [0, 0.05) is 37.6 Å². The summed E-state index contributed by atoms with van der Waals surface area (Å²) in [7, 11) is 0. The van der Waals surface area contributed by atoms with Crippen molar-refractivity contribution in [1.29, 1.82) is 0 Å². The average Bonchev–Trinajstić information content (AvgIpc) is 3.06. The van der Waals surface area contributed by atoms with Crippen molar-refractivity contribution in [2.45, 2.75) is 43.4 Å². The number of hydrogen-bond donors (Lipinski definition) is 0. The second-order valence-corrected chi connectivity index (χ2v) is 8.35.